The second kappa shape index (κ2) is 13.3. The molecule has 40 heavy (non-hydrogen) atoms. The van der Waals surface area contributed by atoms with Crippen LogP contribution in [0.1, 0.15) is 135 Å². The number of hydrogen-bond acceptors (Lipinski definition) is 0. The van der Waals surface area contributed by atoms with E-state index in [1.165, 1.54) is 74.5 Å². The Morgan fingerprint density at radius 2 is 1.65 bits per heavy atom. The van der Waals surface area contributed by atoms with Crippen LogP contribution in [0, 0.1) is 30.1 Å². The molecular formula is C40H58. The summed E-state index contributed by atoms with van der Waals surface area (Å²) in [4.78, 5) is 0. The highest BCUT2D eigenvalue weighted by atomic mass is 14.5. The third-order valence-electron chi connectivity index (χ3n) is 11.0. The summed E-state index contributed by atoms with van der Waals surface area (Å²) in [5.74, 6) is 2.48. The Hall–Kier alpha value is -2.08. The minimum Gasteiger partial charge on any atom is -0.0995 e. The predicted octanol–water partition coefficient (Wildman–Crippen LogP) is 12.2. The third kappa shape index (κ3) is 7.21. The molecule has 0 N–H and O–H groups in total. The van der Waals surface area contributed by atoms with Crippen molar-refractivity contribution in [2.45, 2.75) is 132 Å². The highest BCUT2D eigenvalue weighted by molar-refractivity contribution is 5.38. The maximum absolute atomic E-state index is 4.76. The molecule has 3 aliphatic carbocycles. The average molecular weight is 539 g/mol. The lowest BCUT2D eigenvalue weighted by molar-refractivity contribution is 0.0957. The summed E-state index contributed by atoms with van der Waals surface area (Å²) in [6, 6.07) is 7.15. The van der Waals surface area contributed by atoms with E-state index in [4.69, 9.17) is 6.58 Å². The van der Waals surface area contributed by atoms with Crippen molar-refractivity contribution in [3.63, 3.8) is 0 Å². The Morgan fingerprint density at radius 3 is 2.40 bits per heavy atom. The van der Waals surface area contributed by atoms with Crippen molar-refractivity contribution in [3.05, 3.63) is 93.1 Å². The lowest BCUT2D eigenvalue weighted by Crippen LogP contribution is -2.40. The van der Waals surface area contributed by atoms with Gasteiger partial charge in [0.15, 0.2) is 0 Å². The topological polar surface area (TPSA) is 0 Å². The number of hydrogen-bond donors (Lipinski definition) is 0. The second-order valence-corrected chi connectivity index (χ2v) is 14.6. The molecule has 1 unspecified atom stereocenters. The fourth-order valence-electron chi connectivity index (χ4n) is 8.06. The molecule has 4 atom stereocenters. The predicted molar refractivity (Wildman–Crippen MR) is 177 cm³/mol. The van der Waals surface area contributed by atoms with Gasteiger partial charge >= 0.3 is 0 Å². The van der Waals surface area contributed by atoms with Crippen molar-refractivity contribution in [1.82, 2.24) is 0 Å². The zero-order valence-corrected chi connectivity index (χ0v) is 27.3. The standard InChI is InChI=1S/C40H58/c1-27(2)34-17-13-28(3)11-10-12-29(4)14-18-36-26-33(8)38-20-16-32(7)37-19-15-30(5)23-35(37)24-31(6)25-39(38)40(36,9)22-21-34/h11,14-15,19,21,23,27,32,36,39H,6,10,12-13,16-18,20,22,24-26H2,1-5,7-9H3/b28-11-,29-14+,34-21+/t32-,36-,39?,40-/m0/s1. The molecule has 218 valence electrons. The maximum atomic E-state index is 4.76. The first-order chi connectivity index (χ1) is 19.0. The molecule has 0 heterocycles. The minimum atomic E-state index is 0.252. The first kappa shape index (κ1) is 30.9. The van der Waals surface area contributed by atoms with Gasteiger partial charge in [0.1, 0.15) is 0 Å². The number of rotatable bonds is 1. The Kier molecular flexibility index (Phi) is 10.2. The van der Waals surface area contributed by atoms with Crippen LogP contribution in [-0.4, -0.2) is 0 Å². The largest absolute Gasteiger partial charge is 0.0995 e. The lowest BCUT2D eigenvalue weighted by atomic mass is 9.54. The average Bonchev–Trinajstić information content (AvgIpc) is 2.88. The Labute approximate surface area is 247 Å². The Balaban J connectivity index is 1.77. The van der Waals surface area contributed by atoms with Crippen LogP contribution in [0.25, 0.3) is 0 Å². The fraction of sp³-hybridized carbons (Fsp3) is 0.600. The second-order valence-electron chi connectivity index (χ2n) is 14.6. The van der Waals surface area contributed by atoms with Gasteiger partial charge in [-0.2, -0.15) is 0 Å². The van der Waals surface area contributed by atoms with E-state index in [9.17, 15) is 0 Å². The summed E-state index contributed by atoms with van der Waals surface area (Å²) in [7, 11) is 0. The molecule has 0 nitrogen and oxygen atoms in total. The molecule has 1 aromatic carbocycles. The first-order valence-corrected chi connectivity index (χ1v) is 16.4. The van der Waals surface area contributed by atoms with Crippen LogP contribution in [0.2, 0.25) is 0 Å². The third-order valence-corrected chi connectivity index (χ3v) is 11.0. The molecule has 0 aromatic heterocycles. The van der Waals surface area contributed by atoms with E-state index in [0.29, 0.717) is 23.7 Å². The number of aryl methyl sites for hydroxylation is 1. The summed E-state index contributed by atoms with van der Waals surface area (Å²) in [5, 5.41) is 0. The summed E-state index contributed by atoms with van der Waals surface area (Å²) in [6.07, 6.45) is 20.9. The summed E-state index contributed by atoms with van der Waals surface area (Å²) >= 11 is 0. The van der Waals surface area contributed by atoms with Crippen molar-refractivity contribution >= 4 is 0 Å². The van der Waals surface area contributed by atoms with E-state index in [1.54, 1.807) is 33.4 Å². The molecule has 0 radical (unpaired) electrons. The van der Waals surface area contributed by atoms with Crippen LogP contribution in [0.3, 0.4) is 0 Å². The van der Waals surface area contributed by atoms with E-state index in [0.717, 1.165) is 12.8 Å². The van der Waals surface area contributed by atoms with Crippen LogP contribution in [0.15, 0.2) is 76.4 Å². The molecule has 0 fully saturated rings. The molecule has 0 bridgehead atoms. The van der Waals surface area contributed by atoms with Gasteiger partial charge in [-0.25, -0.2) is 0 Å². The van der Waals surface area contributed by atoms with E-state index in [2.05, 4.69) is 91.8 Å². The summed E-state index contributed by atoms with van der Waals surface area (Å²) < 4.78 is 0. The summed E-state index contributed by atoms with van der Waals surface area (Å²) in [6.45, 7) is 24.1. The van der Waals surface area contributed by atoms with E-state index in [1.807, 2.05) is 0 Å². The fourth-order valence-corrected chi connectivity index (χ4v) is 8.06. The van der Waals surface area contributed by atoms with Crippen LogP contribution < -0.4 is 0 Å². The van der Waals surface area contributed by atoms with Crippen molar-refractivity contribution in [2.24, 2.45) is 23.2 Å². The molecule has 0 heteroatoms. The van der Waals surface area contributed by atoms with Crippen molar-refractivity contribution in [3.8, 4) is 0 Å². The van der Waals surface area contributed by atoms with Crippen molar-refractivity contribution in [2.75, 3.05) is 0 Å². The van der Waals surface area contributed by atoms with Gasteiger partial charge in [-0.1, -0.05) is 110 Å². The van der Waals surface area contributed by atoms with Gasteiger partial charge in [0.05, 0.1) is 0 Å². The van der Waals surface area contributed by atoms with Crippen molar-refractivity contribution < 1.29 is 0 Å². The molecule has 0 saturated heterocycles. The van der Waals surface area contributed by atoms with E-state index in [-0.39, 0.29) is 5.41 Å². The monoisotopic (exact) mass is 538 g/mol. The highest BCUT2D eigenvalue weighted by Gasteiger charge is 2.45. The first-order valence-electron chi connectivity index (χ1n) is 16.4. The Bertz CT molecular complexity index is 1190. The molecule has 0 aliphatic heterocycles. The van der Waals surface area contributed by atoms with Crippen LogP contribution in [0.4, 0.5) is 0 Å². The van der Waals surface area contributed by atoms with Crippen LogP contribution in [-0.2, 0) is 6.42 Å². The summed E-state index contributed by atoms with van der Waals surface area (Å²) in [5.41, 5.74) is 14.4. The zero-order chi connectivity index (χ0) is 29.0. The minimum absolute atomic E-state index is 0.252. The normalized spacial score (nSPS) is 33.3. The van der Waals surface area contributed by atoms with Gasteiger partial charge in [0, 0.05) is 0 Å². The van der Waals surface area contributed by atoms with Crippen LogP contribution in [0.5, 0.6) is 0 Å². The van der Waals surface area contributed by atoms with Gasteiger partial charge in [-0.15, -0.1) is 0 Å². The molecule has 0 saturated carbocycles. The molecule has 4 rings (SSSR count). The molecule has 0 spiro atoms. The molecule has 1 aromatic rings. The Morgan fingerprint density at radius 1 is 0.900 bits per heavy atom. The van der Waals surface area contributed by atoms with Crippen LogP contribution >= 0.6 is 0 Å². The van der Waals surface area contributed by atoms with E-state index >= 15 is 0 Å². The smallest absolute Gasteiger partial charge is 0.00667 e. The van der Waals surface area contributed by atoms with Gasteiger partial charge in [0.2, 0.25) is 0 Å². The number of allylic oxidation sites excluding steroid dienone is 9. The molecule has 0 amide bonds. The number of fused-ring (bicyclic) bond motifs is 4. The van der Waals surface area contributed by atoms with Crippen molar-refractivity contribution in [1.29, 1.82) is 0 Å². The quantitative estimate of drug-likeness (QED) is 0.312. The number of benzene rings is 1. The van der Waals surface area contributed by atoms with Gasteiger partial charge in [-0.05, 0) is 139 Å². The highest BCUT2D eigenvalue weighted by Crippen LogP contribution is 2.56. The SMILES string of the molecule is C=C1Cc2cc(C)ccc2[C@@H](C)CCC2=C(C)C[C@@H]3C/C=C(\C)CC/C=C(/C)CC/C(C(C)C)=C\C[C@]3(C)C2C1. The van der Waals surface area contributed by atoms with Gasteiger partial charge in [-0.3, -0.25) is 0 Å². The van der Waals surface area contributed by atoms with E-state index < -0.39 is 0 Å². The molecule has 3 aliphatic rings. The maximum Gasteiger partial charge on any atom is -0.00667 e. The van der Waals surface area contributed by atoms with Gasteiger partial charge in [0.25, 0.3) is 0 Å². The lowest BCUT2D eigenvalue weighted by Gasteiger charge is -2.50. The van der Waals surface area contributed by atoms with Gasteiger partial charge < -0.3 is 0 Å². The zero-order valence-electron chi connectivity index (χ0n) is 27.3. The molecular weight excluding hydrogens is 480 g/mol.